The summed E-state index contributed by atoms with van der Waals surface area (Å²) in [5.41, 5.74) is 5.55. The van der Waals surface area contributed by atoms with Gasteiger partial charge in [0.05, 0.1) is 21.3 Å². The zero-order valence-electron chi connectivity index (χ0n) is 11.6. The molecule has 0 fully saturated rings. The lowest BCUT2D eigenvalue weighted by Crippen LogP contribution is -2.50. The summed E-state index contributed by atoms with van der Waals surface area (Å²) in [6.07, 6.45) is -0.655. The molecule has 0 radical (unpaired) electrons. The van der Waals surface area contributed by atoms with Gasteiger partial charge in [0.25, 0.3) is 0 Å². The average molecular weight is 298 g/mol. The second kappa shape index (κ2) is 6.93. The Hall–Kier alpha value is -3.04. The van der Waals surface area contributed by atoms with Gasteiger partial charge >= 0.3 is 18.2 Å². The predicted molar refractivity (Wildman–Crippen MR) is 70.4 cm³/mol. The van der Waals surface area contributed by atoms with Gasteiger partial charge in [-0.1, -0.05) is 0 Å². The van der Waals surface area contributed by atoms with E-state index in [2.05, 4.69) is 19.2 Å². The fourth-order valence-electron chi connectivity index (χ4n) is 1.38. The van der Waals surface area contributed by atoms with Gasteiger partial charge in [-0.25, -0.2) is 19.1 Å². The molecule has 0 unspecified atom stereocenters. The third kappa shape index (κ3) is 3.49. The normalized spacial score (nSPS) is 10.7. The Balaban J connectivity index is 3.31. The van der Waals surface area contributed by atoms with Crippen molar-refractivity contribution in [2.24, 2.45) is 10.7 Å². The third-order valence-electron chi connectivity index (χ3n) is 2.28. The number of esters is 1. The van der Waals surface area contributed by atoms with Gasteiger partial charge in [0.1, 0.15) is 5.69 Å². The number of aromatic nitrogens is 1. The highest BCUT2D eigenvalue weighted by molar-refractivity contribution is 6.09. The molecule has 1 rings (SSSR count). The maximum atomic E-state index is 11.8. The first-order chi connectivity index (χ1) is 9.96. The van der Waals surface area contributed by atoms with Crippen LogP contribution in [0.25, 0.3) is 0 Å². The molecule has 1 aromatic rings. The first kappa shape index (κ1) is 16.0. The Morgan fingerprint density at radius 1 is 1.19 bits per heavy atom. The zero-order valence-corrected chi connectivity index (χ0v) is 11.6. The Bertz CT molecular complexity index is 579. The van der Waals surface area contributed by atoms with Crippen LogP contribution in [0.2, 0.25) is 0 Å². The van der Waals surface area contributed by atoms with Gasteiger partial charge in [0.15, 0.2) is 0 Å². The van der Waals surface area contributed by atoms with Crippen LogP contribution in [-0.2, 0) is 14.2 Å². The summed E-state index contributed by atoms with van der Waals surface area (Å²) in [7, 11) is 3.37. The summed E-state index contributed by atoms with van der Waals surface area (Å²) in [4.78, 5) is 37.9. The van der Waals surface area contributed by atoms with Crippen molar-refractivity contribution in [1.82, 2.24) is 4.68 Å². The maximum absolute atomic E-state index is 11.8. The van der Waals surface area contributed by atoms with Crippen molar-refractivity contribution in [3.05, 3.63) is 24.0 Å². The smallest absolute Gasteiger partial charge is 0.436 e. The van der Waals surface area contributed by atoms with E-state index in [4.69, 9.17) is 5.73 Å². The highest BCUT2D eigenvalue weighted by atomic mass is 16.6. The molecule has 2 N–H and O–H groups in total. The number of nitrogens with two attached hydrogens (primary N) is 1. The molecule has 21 heavy (non-hydrogen) atoms. The van der Waals surface area contributed by atoms with Crippen LogP contribution in [0.1, 0.15) is 10.5 Å². The van der Waals surface area contributed by atoms with Crippen LogP contribution in [0.3, 0.4) is 0 Å². The van der Waals surface area contributed by atoms with Crippen molar-refractivity contribution in [2.45, 2.75) is 0 Å². The molecule has 0 atom stereocenters. The molecule has 0 spiro atoms. The molecule has 0 aliphatic heterocycles. The van der Waals surface area contributed by atoms with Crippen molar-refractivity contribution >= 4 is 24.1 Å². The van der Waals surface area contributed by atoms with Gasteiger partial charge in [-0.2, -0.15) is 0 Å². The number of hydrogen-bond acceptors (Lipinski definition) is 6. The summed E-state index contributed by atoms with van der Waals surface area (Å²) in [6.45, 7) is 0. The summed E-state index contributed by atoms with van der Waals surface area (Å²) >= 11 is 0. The van der Waals surface area contributed by atoms with Crippen LogP contribution in [-0.4, -0.2) is 50.1 Å². The number of aliphatic imine (C=N–C) groups is 1. The van der Waals surface area contributed by atoms with E-state index in [1.54, 1.807) is 0 Å². The Kier molecular flexibility index (Phi) is 5.29. The first-order valence-electron chi connectivity index (χ1n) is 5.52. The number of carbonyl (C=O) groups excluding carboxylic acids is 3. The lowest BCUT2D eigenvalue weighted by molar-refractivity contribution is 0.0589. The van der Waals surface area contributed by atoms with E-state index in [-0.39, 0.29) is 5.69 Å². The molecular weight excluding hydrogens is 284 g/mol. The van der Waals surface area contributed by atoms with Gasteiger partial charge < -0.3 is 19.9 Å². The minimum absolute atomic E-state index is 0.0223. The van der Waals surface area contributed by atoms with Gasteiger partial charge in [0, 0.05) is 6.20 Å². The van der Waals surface area contributed by atoms with Crippen molar-refractivity contribution in [2.75, 3.05) is 26.3 Å². The van der Waals surface area contributed by atoms with E-state index < -0.39 is 24.1 Å². The van der Waals surface area contributed by atoms with Gasteiger partial charge in [-0.3, -0.25) is 0 Å². The standard InChI is InChI=1S/C11H14N4O6/c1-19-8(16)7-5-4-6-14(7)15(11(18)21-3)9(12)13-10(17)20-2/h4-6H,1-3H3,(H2,12,13,17). The number of methoxy groups -OCH3 is 3. The van der Waals surface area contributed by atoms with Crippen molar-refractivity contribution in [1.29, 1.82) is 0 Å². The number of ether oxygens (including phenoxy) is 3. The molecule has 2 amide bonds. The number of nitrogens with zero attached hydrogens (tertiary/aromatic N) is 3. The van der Waals surface area contributed by atoms with Crippen molar-refractivity contribution in [3.63, 3.8) is 0 Å². The van der Waals surface area contributed by atoms with Crippen LogP contribution in [0.15, 0.2) is 23.3 Å². The number of hydrogen-bond donors (Lipinski definition) is 1. The summed E-state index contributed by atoms with van der Waals surface area (Å²) in [6, 6.07) is 2.85. The lowest BCUT2D eigenvalue weighted by Gasteiger charge is -2.22. The molecular formula is C11H14N4O6. The zero-order chi connectivity index (χ0) is 16.0. The first-order valence-corrected chi connectivity index (χ1v) is 5.52. The second-order valence-electron chi connectivity index (χ2n) is 3.45. The Morgan fingerprint density at radius 3 is 2.38 bits per heavy atom. The second-order valence-corrected chi connectivity index (χ2v) is 3.45. The van der Waals surface area contributed by atoms with Crippen molar-refractivity contribution in [3.8, 4) is 0 Å². The van der Waals surface area contributed by atoms with Crippen LogP contribution < -0.4 is 10.7 Å². The average Bonchev–Trinajstić information content (AvgIpc) is 2.95. The summed E-state index contributed by atoms with van der Waals surface area (Å²) in [5, 5.41) is 0.670. The maximum Gasteiger partial charge on any atom is 0.436 e. The molecule has 10 heteroatoms. The number of guanidine groups is 1. The molecule has 114 valence electrons. The number of carbonyl (C=O) groups is 3. The third-order valence-corrected chi connectivity index (χ3v) is 2.28. The van der Waals surface area contributed by atoms with Gasteiger partial charge in [-0.15, -0.1) is 10.0 Å². The van der Waals surface area contributed by atoms with Crippen LogP contribution in [0.4, 0.5) is 9.59 Å². The van der Waals surface area contributed by atoms with Crippen LogP contribution >= 0.6 is 0 Å². The molecule has 0 aliphatic rings. The molecule has 1 aromatic heterocycles. The Labute approximate surface area is 119 Å². The molecule has 0 aromatic carbocycles. The molecule has 0 saturated carbocycles. The van der Waals surface area contributed by atoms with E-state index in [0.717, 1.165) is 18.9 Å². The largest absolute Gasteiger partial charge is 0.464 e. The SMILES string of the molecule is COC(=O)N=C(N)N(C(=O)OC)n1cccc1C(=O)OC. The fourth-order valence-corrected chi connectivity index (χ4v) is 1.38. The van der Waals surface area contributed by atoms with Crippen LogP contribution in [0.5, 0.6) is 0 Å². The summed E-state index contributed by atoms with van der Waals surface area (Å²) < 4.78 is 14.5. The minimum Gasteiger partial charge on any atom is -0.464 e. The van der Waals surface area contributed by atoms with E-state index in [1.807, 2.05) is 0 Å². The highest BCUT2D eigenvalue weighted by Crippen LogP contribution is 2.07. The molecule has 1 heterocycles. The molecule has 10 nitrogen and oxygen atoms in total. The van der Waals surface area contributed by atoms with Gasteiger partial charge in [0.2, 0.25) is 5.96 Å². The molecule has 0 bridgehead atoms. The van der Waals surface area contributed by atoms with Crippen molar-refractivity contribution < 1.29 is 28.6 Å². The molecule has 0 aliphatic carbocycles. The molecule has 0 saturated heterocycles. The quantitative estimate of drug-likeness (QED) is 0.354. The van der Waals surface area contributed by atoms with Crippen LogP contribution in [0, 0.1) is 0 Å². The Morgan fingerprint density at radius 2 is 1.86 bits per heavy atom. The highest BCUT2D eigenvalue weighted by Gasteiger charge is 2.25. The predicted octanol–water partition coefficient (Wildman–Crippen LogP) is 0.0602. The number of rotatable bonds is 2. The minimum atomic E-state index is -1.02. The van der Waals surface area contributed by atoms with Gasteiger partial charge in [-0.05, 0) is 12.1 Å². The summed E-state index contributed by atoms with van der Waals surface area (Å²) in [5.74, 6) is -1.27. The fraction of sp³-hybridized carbons (Fsp3) is 0.273. The monoisotopic (exact) mass is 298 g/mol. The van der Waals surface area contributed by atoms with E-state index in [1.165, 1.54) is 25.4 Å². The van der Waals surface area contributed by atoms with E-state index >= 15 is 0 Å². The topological polar surface area (TPSA) is 125 Å². The van der Waals surface area contributed by atoms with E-state index in [0.29, 0.717) is 5.01 Å². The lowest BCUT2D eigenvalue weighted by atomic mass is 10.4. The van der Waals surface area contributed by atoms with E-state index in [9.17, 15) is 14.4 Å². The number of amides is 2.